The van der Waals surface area contributed by atoms with Crippen LogP contribution in [0.3, 0.4) is 0 Å². The highest BCUT2D eigenvalue weighted by atomic mass is 16.3. The largest absolute Gasteiger partial charge is 0.455 e. The fourth-order valence-corrected chi connectivity index (χ4v) is 8.19. The third kappa shape index (κ3) is 6.06. The molecular weight excluding hydrogens is 757 g/mol. The second-order valence-corrected chi connectivity index (χ2v) is 14.7. The van der Waals surface area contributed by atoms with Gasteiger partial charge < -0.3 is 8.98 Å². The van der Waals surface area contributed by atoms with Crippen molar-refractivity contribution in [2.45, 2.75) is 0 Å². The standard InChI is InChI=1S/C57H36N4O/c1-3-16-37(17-4-1)39-20-13-22-42(34-39)55-58-56(60-57(59-55)48-26-9-12-31-52(48)61-50-29-10-7-24-45(50)46-25-8-11-30-51(46)61)43-23-14-21-41(35-43)44-27-15-28-47-49-36-40(38-18-5-2-6-19-38)32-33-53(49)62-54(44)47/h1-36H/i1D,3D,4D,7D,8D,10D,16D,17D,24D,25D,29D,30D. The summed E-state index contributed by atoms with van der Waals surface area (Å²) in [5.74, 6) is 0.473. The molecule has 0 bridgehead atoms. The second-order valence-electron chi connectivity index (χ2n) is 14.7. The average Bonchev–Trinajstić information content (AvgIpc) is 4.00. The number of furan rings is 1. The minimum Gasteiger partial charge on any atom is -0.455 e. The molecule has 290 valence electrons. The first-order valence-electron chi connectivity index (χ1n) is 25.9. The van der Waals surface area contributed by atoms with Crippen molar-refractivity contribution in [3.8, 4) is 73.2 Å². The molecule has 0 atom stereocenters. The first-order chi connectivity index (χ1) is 35.7. The quantitative estimate of drug-likeness (QED) is 0.161. The molecule has 0 N–H and O–H groups in total. The molecule has 12 rings (SSSR count). The molecule has 9 aromatic carbocycles. The van der Waals surface area contributed by atoms with E-state index in [1.807, 2.05) is 72.8 Å². The molecule has 62 heavy (non-hydrogen) atoms. The molecule has 0 unspecified atom stereocenters. The van der Waals surface area contributed by atoms with E-state index in [9.17, 15) is 1.37 Å². The average molecular weight is 805 g/mol. The van der Waals surface area contributed by atoms with Gasteiger partial charge in [0.15, 0.2) is 17.5 Å². The summed E-state index contributed by atoms with van der Waals surface area (Å²) in [5, 5.41) is 1.91. The molecule has 0 fully saturated rings. The number of rotatable bonds is 7. The van der Waals surface area contributed by atoms with Crippen LogP contribution in [0, 0.1) is 0 Å². The summed E-state index contributed by atoms with van der Waals surface area (Å²) in [4.78, 5) is 15.2. The number of hydrogen-bond donors (Lipinski definition) is 0. The van der Waals surface area contributed by atoms with E-state index in [2.05, 4.69) is 18.2 Å². The molecule has 3 heterocycles. The maximum Gasteiger partial charge on any atom is 0.166 e. The fraction of sp³-hybridized carbons (Fsp3) is 0. The van der Waals surface area contributed by atoms with Gasteiger partial charge in [-0.05, 0) is 76.3 Å². The van der Waals surface area contributed by atoms with Gasteiger partial charge >= 0.3 is 0 Å². The van der Waals surface area contributed by atoms with Crippen LogP contribution in [0.25, 0.3) is 117 Å². The molecule has 12 aromatic rings. The van der Waals surface area contributed by atoms with Gasteiger partial charge in [0, 0.05) is 43.8 Å². The third-order valence-corrected chi connectivity index (χ3v) is 11.0. The van der Waals surface area contributed by atoms with Crippen LogP contribution >= 0.6 is 0 Å². The van der Waals surface area contributed by atoms with Gasteiger partial charge in [-0.25, -0.2) is 15.0 Å². The molecule has 0 aliphatic rings. The van der Waals surface area contributed by atoms with Crippen molar-refractivity contribution < 1.29 is 20.9 Å². The Balaban J connectivity index is 1.09. The van der Waals surface area contributed by atoms with Gasteiger partial charge in [-0.15, -0.1) is 0 Å². The zero-order chi connectivity index (χ0) is 51.4. The summed E-state index contributed by atoms with van der Waals surface area (Å²) < 4.78 is 113. The predicted octanol–water partition coefficient (Wildman–Crippen LogP) is 14.9. The lowest BCUT2D eigenvalue weighted by Crippen LogP contribution is -2.03. The Morgan fingerprint density at radius 1 is 0.371 bits per heavy atom. The van der Waals surface area contributed by atoms with Crippen LogP contribution in [0.1, 0.15) is 16.4 Å². The van der Waals surface area contributed by atoms with Crippen LogP contribution in [0.4, 0.5) is 0 Å². The number of fused-ring (bicyclic) bond motifs is 6. The number of hydrogen-bond acceptors (Lipinski definition) is 4. The van der Waals surface area contributed by atoms with Gasteiger partial charge in [-0.2, -0.15) is 0 Å². The number of benzene rings is 9. The van der Waals surface area contributed by atoms with Crippen LogP contribution in [0.2, 0.25) is 0 Å². The molecule has 0 radical (unpaired) electrons. The zero-order valence-corrected chi connectivity index (χ0v) is 32.6. The Kier molecular flexibility index (Phi) is 5.99. The van der Waals surface area contributed by atoms with Gasteiger partial charge in [0.2, 0.25) is 0 Å². The normalized spacial score (nSPS) is 14.3. The Labute approximate surface area is 374 Å². The maximum atomic E-state index is 9.20. The van der Waals surface area contributed by atoms with Crippen LogP contribution in [-0.4, -0.2) is 19.5 Å². The van der Waals surface area contributed by atoms with E-state index in [0.29, 0.717) is 33.5 Å². The van der Waals surface area contributed by atoms with E-state index in [-0.39, 0.29) is 75.1 Å². The molecular formula is C57H36N4O. The summed E-state index contributed by atoms with van der Waals surface area (Å²) >= 11 is 0. The van der Waals surface area contributed by atoms with E-state index in [0.717, 1.165) is 38.6 Å². The van der Waals surface area contributed by atoms with Crippen molar-refractivity contribution in [3.63, 3.8) is 0 Å². The van der Waals surface area contributed by atoms with E-state index in [1.54, 1.807) is 48.5 Å². The topological polar surface area (TPSA) is 56.7 Å². The molecule has 5 heteroatoms. The van der Waals surface area contributed by atoms with Gasteiger partial charge in [-0.3, -0.25) is 0 Å². The van der Waals surface area contributed by atoms with Crippen molar-refractivity contribution in [2.75, 3.05) is 0 Å². The first kappa shape index (κ1) is 25.3. The van der Waals surface area contributed by atoms with E-state index < -0.39 is 42.3 Å². The van der Waals surface area contributed by atoms with Gasteiger partial charge in [0.25, 0.3) is 0 Å². The van der Waals surface area contributed by atoms with Gasteiger partial charge in [0.1, 0.15) is 11.2 Å². The molecule has 0 aliphatic heterocycles. The van der Waals surface area contributed by atoms with Gasteiger partial charge in [0.05, 0.1) is 33.2 Å². The molecule has 0 saturated heterocycles. The molecule has 3 aromatic heterocycles. The Morgan fingerprint density at radius 3 is 1.82 bits per heavy atom. The van der Waals surface area contributed by atoms with Crippen LogP contribution in [-0.2, 0) is 0 Å². The third-order valence-electron chi connectivity index (χ3n) is 11.0. The van der Waals surface area contributed by atoms with E-state index in [1.165, 1.54) is 10.6 Å². The maximum absolute atomic E-state index is 9.20. The van der Waals surface area contributed by atoms with Crippen LogP contribution in [0.15, 0.2) is 223 Å². The zero-order valence-electron chi connectivity index (χ0n) is 44.6. The first-order valence-corrected chi connectivity index (χ1v) is 19.9. The molecule has 0 amide bonds. The summed E-state index contributed by atoms with van der Waals surface area (Å²) in [6.07, 6.45) is 0. The second kappa shape index (κ2) is 14.7. The van der Waals surface area contributed by atoms with Crippen LogP contribution < -0.4 is 0 Å². The van der Waals surface area contributed by atoms with Crippen molar-refractivity contribution in [2.24, 2.45) is 0 Å². The molecule has 5 nitrogen and oxygen atoms in total. The number of aromatic nitrogens is 4. The molecule has 0 aliphatic carbocycles. The van der Waals surface area contributed by atoms with E-state index in [4.69, 9.17) is 34.4 Å². The highest BCUT2D eigenvalue weighted by molar-refractivity contribution is 6.11. The summed E-state index contributed by atoms with van der Waals surface area (Å²) in [6.45, 7) is 0. The van der Waals surface area contributed by atoms with Crippen molar-refractivity contribution in [1.29, 1.82) is 0 Å². The minimum absolute atomic E-state index is 0.00405. The predicted molar refractivity (Wildman–Crippen MR) is 254 cm³/mol. The van der Waals surface area contributed by atoms with Crippen molar-refractivity contribution >= 4 is 43.7 Å². The lowest BCUT2D eigenvalue weighted by atomic mass is 9.99. The van der Waals surface area contributed by atoms with E-state index >= 15 is 0 Å². The Hall–Kier alpha value is -8.41. The Morgan fingerprint density at radius 2 is 0.984 bits per heavy atom. The molecule has 0 spiro atoms. The number of para-hydroxylation sites is 4. The highest BCUT2D eigenvalue weighted by Crippen LogP contribution is 2.40. The van der Waals surface area contributed by atoms with Crippen molar-refractivity contribution in [3.05, 3.63) is 218 Å². The molecule has 0 saturated carbocycles. The fourth-order valence-electron chi connectivity index (χ4n) is 8.19. The summed E-state index contributed by atoms with van der Waals surface area (Å²) in [5.41, 5.74) is 7.22. The lowest BCUT2D eigenvalue weighted by molar-refractivity contribution is 0.670. The monoisotopic (exact) mass is 804 g/mol. The minimum atomic E-state index is -0.523. The van der Waals surface area contributed by atoms with Gasteiger partial charge in [-0.1, -0.05) is 170 Å². The summed E-state index contributed by atoms with van der Waals surface area (Å²) in [6, 6.07) is 39.9. The van der Waals surface area contributed by atoms with Crippen LogP contribution in [0.5, 0.6) is 0 Å². The SMILES string of the molecule is [2H]c1cc([2H])c2c(c1[2H])c1c([2H])c([2H])c([2H])c([2H])c1n2-c1ccccc1-c1nc(-c2cccc(-c3c([2H])c([2H])c([2H])c([2H])c3[2H])c2)nc(-c2cccc(-c3cccc4c3oc3ccc(-c5ccccc5)cc34)c2)n1. The summed E-state index contributed by atoms with van der Waals surface area (Å²) in [7, 11) is 0. The Bertz CT molecular complexity index is 4340. The highest BCUT2D eigenvalue weighted by Gasteiger charge is 2.20. The lowest BCUT2D eigenvalue weighted by Gasteiger charge is -2.15. The number of nitrogens with zero attached hydrogens (tertiary/aromatic N) is 4. The van der Waals surface area contributed by atoms with Crippen molar-refractivity contribution in [1.82, 2.24) is 19.5 Å². The smallest absolute Gasteiger partial charge is 0.166 e.